The van der Waals surface area contributed by atoms with Crippen LogP contribution in [0.15, 0.2) is 41.3 Å². The van der Waals surface area contributed by atoms with E-state index < -0.39 is 10.0 Å². The lowest BCUT2D eigenvalue weighted by molar-refractivity contribution is 0.0760. The van der Waals surface area contributed by atoms with Crippen LogP contribution in [0.5, 0.6) is 0 Å². The van der Waals surface area contributed by atoms with Crippen LogP contribution >= 0.6 is 11.6 Å². The van der Waals surface area contributed by atoms with Gasteiger partial charge in [-0.1, -0.05) is 23.7 Å². The molecule has 0 unspecified atom stereocenters. The molecule has 3 rings (SSSR count). The van der Waals surface area contributed by atoms with E-state index in [1.54, 1.807) is 24.8 Å². The predicted molar refractivity (Wildman–Crippen MR) is 115 cm³/mol. The number of hydrogen-bond acceptors (Lipinski definition) is 4. The maximum Gasteiger partial charge on any atom is 0.253 e. The zero-order valence-electron chi connectivity index (χ0n) is 16.7. The lowest BCUT2D eigenvalue weighted by Gasteiger charge is -2.23. The van der Waals surface area contributed by atoms with Gasteiger partial charge in [0.2, 0.25) is 10.0 Å². The third kappa shape index (κ3) is 5.36. The Bertz CT molecular complexity index is 1010. The molecular formula is C21H26ClN3O3S. The fourth-order valence-corrected chi connectivity index (χ4v) is 4.61. The standard InChI is InChI=1S/C21H26ClN3O3S/c1-15-12-18(13-20(16(15)2)29(23,27)28)21(26)25-9-3-8-24(10-11-25)14-17-4-6-19(22)7-5-17/h4-7,12-13H,3,8-11,14H2,1-2H3,(H2,23,27,28). The zero-order chi connectivity index (χ0) is 21.2. The molecule has 156 valence electrons. The highest BCUT2D eigenvalue weighted by atomic mass is 35.5. The summed E-state index contributed by atoms with van der Waals surface area (Å²) in [5.41, 5.74) is 2.86. The summed E-state index contributed by atoms with van der Waals surface area (Å²) < 4.78 is 23.8. The molecule has 2 aromatic rings. The van der Waals surface area contributed by atoms with Crippen molar-refractivity contribution >= 4 is 27.5 Å². The van der Waals surface area contributed by atoms with Gasteiger partial charge in [0, 0.05) is 43.3 Å². The van der Waals surface area contributed by atoms with E-state index in [-0.39, 0.29) is 10.8 Å². The summed E-state index contributed by atoms with van der Waals surface area (Å²) in [4.78, 5) is 17.2. The summed E-state index contributed by atoms with van der Waals surface area (Å²) >= 11 is 5.95. The van der Waals surface area contributed by atoms with E-state index in [9.17, 15) is 13.2 Å². The first-order valence-electron chi connectivity index (χ1n) is 9.55. The average Bonchev–Trinajstić information content (AvgIpc) is 2.90. The third-order valence-electron chi connectivity index (χ3n) is 5.37. The van der Waals surface area contributed by atoms with Gasteiger partial charge in [0.25, 0.3) is 5.91 Å². The molecule has 1 saturated heterocycles. The molecule has 8 heteroatoms. The van der Waals surface area contributed by atoms with Crippen molar-refractivity contribution in [3.05, 3.63) is 63.7 Å². The largest absolute Gasteiger partial charge is 0.337 e. The highest BCUT2D eigenvalue weighted by Crippen LogP contribution is 2.22. The Morgan fingerprint density at radius 1 is 1.07 bits per heavy atom. The second-order valence-corrected chi connectivity index (χ2v) is 9.48. The van der Waals surface area contributed by atoms with Crippen molar-refractivity contribution < 1.29 is 13.2 Å². The number of hydrogen-bond donors (Lipinski definition) is 1. The van der Waals surface area contributed by atoms with Crippen LogP contribution < -0.4 is 5.14 Å². The van der Waals surface area contributed by atoms with Crippen LogP contribution in [-0.4, -0.2) is 50.3 Å². The molecular weight excluding hydrogens is 410 g/mol. The second kappa shape index (κ2) is 8.83. The molecule has 0 aliphatic carbocycles. The summed E-state index contributed by atoms with van der Waals surface area (Å²) in [6, 6.07) is 10.9. The summed E-state index contributed by atoms with van der Waals surface area (Å²) in [5.74, 6) is -0.161. The first kappa shape index (κ1) is 21.8. The van der Waals surface area contributed by atoms with Gasteiger partial charge >= 0.3 is 0 Å². The minimum absolute atomic E-state index is 0.0139. The van der Waals surface area contributed by atoms with Gasteiger partial charge < -0.3 is 4.90 Å². The molecule has 6 nitrogen and oxygen atoms in total. The van der Waals surface area contributed by atoms with E-state index in [1.165, 1.54) is 11.6 Å². The van der Waals surface area contributed by atoms with Gasteiger partial charge in [0.1, 0.15) is 0 Å². The van der Waals surface area contributed by atoms with Crippen LogP contribution in [0.4, 0.5) is 0 Å². The summed E-state index contributed by atoms with van der Waals surface area (Å²) in [6.07, 6.45) is 0.853. The van der Waals surface area contributed by atoms with Crippen molar-refractivity contribution in [3.63, 3.8) is 0 Å². The molecule has 1 fully saturated rings. The van der Waals surface area contributed by atoms with Gasteiger partial charge in [0.15, 0.2) is 0 Å². The fourth-order valence-electron chi connectivity index (χ4n) is 3.61. The number of benzene rings is 2. The maximum atomic E-state index is 13.1. The van der Waals surface area contributed by atoms with Gasteiger partial charge in [-0.2, -0.15) is 0 Å². The Balaban J connectivity index is 1.72. The van der Waals surface area contributed by atoms with Gasteiger partial charge in [-0.3, -0.25) is 9.69 Å². The number of aryl methyl sites for hydroxylation is 1. The summed E-state index contributed by atoms with van der Waals surface area (Å²) in [7, 11) is -3.88. The van der Waals surface area contributed by atoms with Crippen LogP contribution in [0.3, 0.4) is 0 Å². The molecule has 0 atom stereocenters. The van der Waals surface area contributed by atoms with E-state index >= 15 is 0 Å². The van der Waals surface area contributed by atoms with Crippen LogP contribution in [-0.2, 0) is 16.6 Å². The van der Waals surface area contributed by atoms with Crippen molar-refractivity contribution in [3.8, 4) is 0 Å². The highest BCUT2D eigenvalue weighted by Gasteiger charge is 2.23. The molecule has 0 saturated carbocycles. The first-order chi connectivity index (χ1) is 13.6. The number of carbonyl (C=O) groups is 1. The lowest BCUT2D eigenvalue weighted by Crippen LogP contribution is -2.35. The molecule has 0 radical (unpaired) electrons. The van der Waals surface area contributed by atoms with E-state index in [2.05, 4.69) is 4.90 Å². The van der Waals surface area contributed by atoms with Crippen molar-refractivity contribution in [2.24, 2.45) is 5.14 Å². The third-order valence-corrected chi connectivity index (χ3v) is 6.66. The normalized spacial score (nSPS) is 15.9. The van der Waals surface area contributed by atoms with E-state index in [0.717, 1.165) is 31.6 Å². The predicted octanol–water partition coefficient (Wildman–Crippen LogP) is 2.95. The molecule has 2 N–H and O–H groups in total. The minimum atomic E-state index is -3.88. The van der Waals surface area contributed by atoms with E-state index in [1.807, 2.05) is 24.3 Å². The van der Waals surface area contributed by atoms with Crippen LogP contribution in [0, 0.1) is 13.8 Å². The van der Waals surface area contributed by atoms with Crippen molar-refractivity contribution in [1.29, 1.82) is 0 Å². The number of primary sulfonamides is 1. The molecule has 1 aliphatic heterocycles. The topological polar surface area (TPSA) is 83.7 Å². The number of sulfonamides is 1. The minimum Gasteiger partial charge on any atom is -0.337 e. The number of halogens is 1. The molecule has 1 heterocycles. The zero-order valence-corrected chi connectivity index (χ0v) is 18.3. The molecule has 1 amide bonds. The van der Waals surface area contributed by atoms with Gasteiger partial charge in [-0.25, -0.2) is 13.6 Å². The Kier molecular flexibility index (Phi) is 6.63. The summed E-state index contributed by atoms with van der Waals surface area (Å²) in [5, 5.41) is 6.05. The SMILES string of the molecule is Cc1cc(C(=O)N2CCCN(Cc3ccc(Cl)cc3)CC2)cc(S(N)(=O)=O)c1C. The highest BCUT2D eigenvalue weighted by molar-refractivity contribution is 7.89. The monoisotopic (exact) mass is 435 g/mol. The van der Waals surface area contributed by atoms with Crippen LogP contribution in [0.2, 0.25) is 5.02 Å². The Hall–Kier alpha value is -1.93. The number of nitrogens with two attached hydrogens (primary N) is 1. The molecule has 0 spiro atoms. The van der Waals surface area contributed by atoms with Gasteiger partial charge in [0.05, 0.1) is 4.90 Å². The molecule has 0 bridgehead atoms. The van der Waals surface area contributed by atoms with Crippen molar-refractivity contribution in [1.82, 2.24) is 9.80 Å². The Labute approximate surface area is 177 Å². The Morgan fingerprint density at radius 2 is 1.76 bits per heavy atom. The van der Waals surface area contributed by atoms with Crippen molar-refractivity contribution in [2.45, 2.75) is 31.7 Å². The molecule has 1 aliphatic rings. The molecule has 0 aromatic heterocycles. The number of carbonyl (C=O) groups excluding carboxylic acids is 1. The number of nitrogens with zero attached hydrogens (tertiary/aromatic N) is 2. The van der Waals surface area contributed by atoms with Crippen molar-refractivity contribution in [2.75, 3.05) is 26.2 Å². The first-order valence-corrected chi connectivity index (χ1v) is 11.5. The summed E-state index contributed by atoms with van der Waals surface area (Å²) in [6.45, 7) is 7.15. The van der Waals surface area contributed by atoms with Gasteiger partial charge in [-0.05, 0) is 61.2 Å². The van der Waals surface area contributed by atoms with Crippen LogP contribution in [0.1, 0.15) is 33.5 Å². The quantitative estimate of drug-likeness (QED) is 0.800. The maximum absolute atomic E-state index is 13.1. The van der Waals surface area contributed by atoms with Gasteiger partial charge in [-0.15, -0.1) is 0 Å². The second-order valence-electron chi connectivity index (χ2n) is 7.51. The smallest absolute Gasteiger partial charge is 0.253 e. The van der Waals surface area contributed by atoms with E-state index in [4.69, 9.17) is 16.7 Å². The number of amides is 1. The Morgan fingerprint density at radius 3 is 2.41 bits per heavy atom. The molecule has 29 heavy (non-hydrogen) atoms. The fraction of sp³-hybridized carbons (Fsp3) is 0.381. The number of rotatable bonds is 4. The molecule has 2 aromatic carbocycles. The lowest BCUT2D eigenvalue weighted by atomic mass is 10.1. The van der Waals surface area contributed by atoms with E-state index in [0.29, 0.717) is 29.2 Å². The van der Waals surface area contributed by atoms with Crippen LogP contribution in [0.25, 0.3) is 0 Å². The average molecular weight is 436 g/mol.